The minimum Gasteiger partial charge on any atom is -0.350 e. The Balaban J connectivity index is 2.21. The highest BCUT2D eigenvalue weighted by molar-refractivity contribution is 5.64. The molecule has 0 radical (unpaired) electrons. The molecule has 1 heterocycles. The van der Waals surface area contributed by atoms with Gasteiger partial charge in [0.1, 0.15) is 5.82 Å². The van der Waals surface area contributed by atoms with E-state index < -0.39 is 0 Å². The van der Waals surface area contributed by atoms with Crippen LogP contribution >= 0.6 is 0 Å². The fourth-order valence-corrected chi connectivity index (χ4v) is 1.81. The minimum absolute atomic E-state index is 0.116. The lowest BCUT2D eigenvalue weighted by Gasteiger charge is -2.21. The topological polar surface area (TPSA) is 91.3 Å². The van der Waals surface area contributed by atoms with Gasteiger partial charge < -0.3 is 10.6 Å². The number of benzene rings is 1. The molecule has 118 valence electrons. The molecule has 0 bridgehead atoms. The molecule has 0 aliphatic carbocycles. The average molecular weight is 303 g/mol. The lowest BCUT2D eigenvalue weighted by atomic mass is 10.1. The highest BCUT2D eigenvalue weighted by atomic mass is 17.2. The summed E-state index contributed by atoms with van der Waals surface area (Å²) in [6.07, 6.45) is 1.77. The number of nitrogens with one attached hydrogen (secondary N) is 3. The van der Waals surface area contributed by atoms with E-state index in [0.717, 1.165) is 11.3 Å². The molecule has 0 atom stereocenters. The Labute approximate surface area is 129 Å². The Kier molecular flexibility index (Phi) is 4.79. The van der Waals surface area contributed by atoms with Crippen molar-refractivity contribution >= 4 is 23.1 Å². The average Bonchev–Trinajstić information content (AvgIpc) is 2.42. The smallest absolute Gasteiger partial charge is 0.225 e. The van der Waals surface area contributed by atoms with Gasteiger partial charge in [0.15, 0.2) is 0 Å². The number of hydrogen-bond acceptors (Lipinski definition) is 7. The van der Waals surface area contributed by atoms with Crippen LogP contribution in [0.4, 0.5) is 23.1 Å². The summed E-state index contributed by atoms with van der Waals surface area (Å²) in [7, 11) is 0. The first-order valence-electron chi connectivity index (χ1n) is 6.93. The maximum atomic E-state index is 8.43. The van der Waals surface area contributed by atoms with Gasteiger partial charge in [-0.15, -0.1) is 4.99 Å². The van der Waals surface area contributed by atoms with Gasteiger partial charge in [-0.3, -0.25) is 0 Å². The van der Waals surface area contributed by atoms with Crippen LogP contribution in [-0.4, -0.2) is 20.8 Å². The van der Waals surface area contributed by atoms with Crippen LogP contribution in [0.2, 0.25) is 0 Å². The van der Waals surface area contributed by atoms with E-state index >= 15 is 0 Å². The Hall–Kier alpha value is -2.38. The number of hydrogen-bond donors (Lipinski definition) is 4. The van der Waals surface area contributed by atoms with Crippen molar-refractivity contribution in [2.24, 2.45) is 0 Å². The van der Waals surface area contributed by atoms with Crippen LogP contribution in [0.5, 0.6) is 0 Å². The van der Waals surface area contributed by atoms with E-state index in [2.05, 4.69) is 31.1 Å². The zero-order chi connectivity index (χ0) is 16.2. The summed E-state index contributed by atoms with van der Waals surface area (Å²) in [5, 5.41) is 14.9. The van der Waals surface area contributed by atoms with E-state index in [-0.39, 0.29) is 5.54 Å². The predicted octanol–water partition coefficient (Wildman–Crippen LogP) is 3.56. The fraction of sp³-hybridized carbons (Fsp3) is 0.333. The lowest BCUT2D eigenvalue weighted by molar-refractivity contribution is -0.215. The van der Waals surface area contributed by atoms with Gasteiger partial charge in [-0.1, -0.05) is 6.07 Å². The van der Waals surface area contributed by atoms with Crippen LogP contribution in [-0.2, 0) is 4.99 Å². The molecule has 7 nitrogen and oxygen atoms in total. The zero-order valence-corrected chi connectivity index (χ0v) is 13.1. The summed E-state index contributed by atoms with van der Waals surface area (Å²) in [5.74, 6) is 1.28. The minimum atomic E-state index is -0.116. The van der Waals surface area contributed by atoms with E-state index in [9.17, 15) is 0 Å². The molecule has 7 heteroatoms. The van der Waals surface area contributed by atoms with Crippen molar-refractivity contribution in [3.8, 4) is 0 Å². The third kappa shape index (κ3) is 4.57. The molecule has 2 aromatic rings. The second-order valence-corrected chi connectivity index (χ2v) is 6.00. The largest absolute Gasteiger partial charge is 0.350 e. The van der Waals surface area contributed by atoms with Crippen LogP contribution in [0.3, 0.4) is 0 Å². The molecule has 0 aliphatic rings. The summed E-state index contributed by atoms with van der Waals surface area (Å²) in [6.45, 7) is 8.08. The summed E-state index contributed by atoms with van der Waals surface area (Å²) >= 11 is 0. The van der Waals surface area contributed by atoms with Gasteiger partial charge in [-0.05, 0) is 45.9 Å². The molecular formula is C15H21N5O2. The number of aromatic nitrogens is 2. The van der Waals surface area contributed by atoms with Crippen LogP contribution in [0.1, 0.15) is 26.3 Å². The molecule has 1 aromatic carbocycles. The van der Waals surface area contributed by atoms with Crippen molar-refractivity contribution in [3.05, 3.63) is 36.0 Å². The third-order valence-corrected chi connectivity index (χ3v) is 2.75. The van der Waals surface area contributed by atoms with Gasteiger partial charge in [0.25, 0.3) is 0 Å². The SMILES string of the molecule is Cc1cnc(NC(C)(C)C)nc1Nc1cccc(NOO)c1. The monoisotopic (exact) mass is 303 g/mol. The molecule has 1 aromatic heterocycles. The van der Waals surface area contributed by atoms with Crippen LogP contribution in [0.25, 0.3) is 0 Å². The van der Waals surface area contributed by atoms with E-state index in [1.807, 2.05) is 39.8 Å². The van der Waals surface area contributed by atoms with Crippen molar-refractivity contribution in [2.75, 3.05) is 16.1 Å². The fourth-order valence-electron chi connectivity index (χ4n) is 1.81. The zero-order valence-electron chi connectivity index (χ0n) is 13.1. The Bertz CT molecular complexity index is 640. The molecule has 0 fully saturated rings. The molecule has 0 saturated heterocycles. The maximum Gasteiger partial charge on any atom is 0.225 e. The molecule has 0 saturated carbocycles. The van der Waals surface area contributed by atoms with E-state index in [1.165, 1.54) is 0 Å². The van der Waals surface area contributed by atoms with E-state index in [0.29, 0.717) is 17.5 Å². The van der Waals surface area contributed by atoms with Crippen molar-refractivity contribution < 1.29 is 10.2 Å². The van der Waals surface area contributed by atoms with Gasteiger partial charge >= 0.3 is 0 Å². The molecule has 0 spiro atoms. The van der Waals surface area contributed by atoms with E-state index in [4.69, 9.17) is 5.26 Å². The first-order valence-corrected chi connectivity index (χ1v) is 6.93. The van der Waals surface area contributed by atoms with E-state index in [1.54, 1.807) is 18.3 Å². The number of rotatable bonds is 5. The van der Waals surface area contributed by atoms with Gasteiger partial charge in [-0.2, -0.15) is 4.98 Å². The molecule has 2 rings (SSSR count). The standard InChI is InChI=1S/C15H21N5O2/c1-10-9-16-14(19-15(2,3)4)18-13(10)17-11-6-5-7-12(8-11)20-22-21/h5-9,20-21H,1-4H3,(H2,16,17,18,19). The normalized spacial score (nSPS) is 11.1. The molecule has 0 amide bonds. The molecular weight excluding hydrogens is 282 g/mol. The first-order chi connectivity index (χ1) is 10.4. The van der Waals surface area contributed by atoms with Gasteiger partial charge in [-0.25, -0.2) is 15.7 Å². The van der Waals surface area contributed by atoms with Crippen molar-refractivity contribution in [1.82, 2.24) is 9.97 Å². The second-order valence-electron chi connectivity index (χ2n) is 6.00. The molecule has 4 N–H and O–H groups in total. The van der Waals surface area contributed by atoms with Gasteiger partial charge in [0, 0.05) is 23.0 Å². The summed E-state index contributed by atoms with van der Waals surface area (Å²) in [5.41, 5.74) is 4.60. The summed E-state index contributed by atoms with van der Waals surface area (Å²) in [4.78, 5) is 12.7. The highest BCUT2D eigenvalue weighted by Crippen LogP contribution is 2.22. The van der Waals surface area contributed by atoms with Gasteiger partial charge in [0.05, 0.1) is 5.69 Å². The van der Waals surface area contributed by atoms with Crippen LogP contribution in [0.15, 0.2) is 30.5 Å². The van der Waals surface area contributed by atoms with Crippen LogP contribution in [0, 0.1) is 6.92 Å². The number of aryl methyl sites for hydroxylation is 1. The summed E-state index contributed by atoms with van der Waals surface area (Å²) in [6, 6.07) is 7.27. The Morgan fingerprint density at radius 3 is 2.59 bits per heavy atom. The molecule has 22 heavy (non-hydrogen) atoms. The number of anilines is 4. The Morgan fingerprint density at radius 2 is 1.91 bits per heavy atom. The van der Waals surface area contributed by atoms with Crippen molar-refractivity contribution in [2.45, 2.75) is 33.2 Å². The van der Waals surface area contributed by atoms with Crippen LogP contribution < -0.4 is 16.1 Å². The number of nitrogens with zero attached hydrogens (tertiary/aromatic N) is 2. The summed E-state index contributed by atoms with van der Waals surface area (Å²) < 4.78 is 0. The molecule has 0 unspecified atom stereocenters. The second kappa shape index (κ2) is 6.59. The highest BCUT2D eigenvalue weighted by Gasteiger charge is 2.12. The third-order valence-electron chi connectivity index (χ3n) is 2.75. The maximum absolute atomic E-state index is 8.43. The lowest BCUT2D eigenvalue weighted by Crippen LogP contribution is -2.27. The van der Waals surface area contributed by atoms with Crippen molar-refractivity contribution in [1.29, 1.82) is 0 Å². The predicted molar refractivity (Wildman–Crippen MR) is 87.2 cm³/mol. The molecule has 0 aliphatic heterocycles. The Morgan fingerprint density at radius 1 is 1.18 bits per heavy atom. The first kappa shape index (κ1) is 16.0. The van der Waals surface area contributed by atoms with Gasteiger partial charge in [0.2, 0.25) is 5.95 Å². The quantitative estimate of drug-likeness (QED) is 0.496. The van der Waals surface area contributed by atoms with Crippen molar-refractivity contribution in [3.63, 3.8) is 0 Å².